The van der Waals surface area contributed by atoms with Crippen LogP contribution in [0.4, 0.5) is 0 Å². The predicted molar refractivity (Wildman–Crippen MR) is 545 cm³/mol. The minimum atomic E-state index is -0.352. The van der Waals surface area contributed by atoms with Gasteiger partial charge >= 0.3 is 41.8 Å². The Morgan fingerprint density at radius 1 is 0.220 bits per heavy atom. The largest absolute Gasteiger partial charge is 0.460 e. The highest BCUT2D eigenvalue weighted by atomic mass is 16.6. The van der Waals surface area contributed by atoms with E-state index in [0.29, 0.717) is 78.7 Å². The van der Waals surface area contributed by atoms with Crippen LogP contribution < -0.4 is 16.0 Å². The summed E-state index contributed by atoms with van der Waals surface area (Å²) in [5, 5.41) is 10.8. The maximum absolute atomic E-state index is 11.6. The molecule has 772 valence electrons. The van der Waals surface area contributed by atoms with Gasteiger partial charge in [0.05, 0.1) is 50.8 Å². The Kier molecular flexibility index (Phi) is 54.0. The molecule has 7 heterocycles. The Morgan fingerprint density at radius 3 is 0.485 bits per heavy atom. The zero-order valence-electron chi connectivity index (χ0n) is 88.2. The van der Waals surface area contributed by atoms with Gasteiger partial charge in [-0.25, -0.2) is 33.6 Å². The van der Waals surface area contributed by atoms with E-state index in [0.717, 1.165) is 89.9 Å². The Hall–Kier alpha value is -5.97. The van der Waals surface area contributed by atoms with Gasteiger partial charge in [0.2, 0.25) is 0 Å². The monoisotopic (exact) mass is 1870 g/mol. The van der Waals surface area contributed by atoms with Crippen LogP contribution in [-0.4, -0.2) is 263 Å². The molecule has 0 unspecified atom stereocenters. The molecule has 132 heavy (non-hydrogen) atoms. The fourth-order valence-corrected chi connectivity index (χ4v) is 19.2. The van der Waals surface area contributed by atoms with Crippen LogP contribution in [0.15, 0.2) is 85.1 Å². The number of nitrogens with one attached hydrogen (secondary N) is 3. The van der Waals surface area contributed by atoms with Crippen molar-refractivity contribution in [1.82, 2.24) is 35.6 Å². The molecule has 3 N–H and O–H groups in total. The molecule has 0 spiro atoms. The molecule has 7 aliphatic heterocycles. The average Bonchev–Trinajstić information content (AvgIpc) is 0.784. The fourth-order valence-electron chi connectivity index (χ4n) is 19.2. The summed E-state index contributed by atoms with van der Waals surface area (Å²) in [6, 6.07) is 0. The maximum Gasteiger partial charge on any atom is 0.333 e. The van der Waals surface area contributed by atoms with E-state index in [1.165, 1.54) is 0 Å². The van der Waals surface area contributed by atoms with Gasteiger partial charge in [0.1, 0.15) is 44.7 Å². The summed E-state index contributed by atoms with van der Waals surface area (Å²) >= 11 is 0. The first-order chi connectivity index (χ1) is 57.6. The lowest BCUT2D eigenvalue weighted by molar-refractivity contribution is -0.155. The topological polar surface area (TPSA) is 270 Å². The van der Waals surface area contributed by atoms with Crippen molar-refractivity contribution < 1.29 is 85.7 Å². The molecule has 0 radical (unpaired) electrons. The second-order valence-corrected chi connectivity index (χ2v) is 46.3. The molecule has 0 amide bonds. The molecule has 0 saturated carbocycles. The van der Waals surface area contributed by atoms with E-state index >= 15 is 0 Å². The van der Waals surface area contributed by atoms with Gasteiger partial charge < -0.3 is 68.1 Å². The molecule has 0 aromatic rings. The summed E-state index contributed by atoms with van der Waals surface area (Å²) in [6.45, 7) is 101. The third-order valence-corrected chi connectivity index (χ3v) is 25.5. The van der Waals surface area contributed by atoms with Gasteiger partial charge in [0.15, 0.2) is 0 Å². The number of ether oxygens (including phenoxy) is 11. The number of piperidine rings is 7. The van der Waals surface area contributed by atoms with Crippen LogP contribution in [0.5, 0.6) is 0 Å². The smallest absolute Gasteiger partial charge is 0.333 e. The van der Waals surface area contributed by atoms with Crippen LogP contribution >= 0.6 is 0 Å². The third-order valence-electron chi connectivity index (χ3n) is 25.5. The molecular formula is C107H201N7O18. The Balaban J connectivity index is -0.000000721. The number of esters is 7. The van der Waals surface area contributed by atoms with Gasteiger partial charge in [-0.3, -0.25) is 19.6 Å². The zero-order chi connectivity index (χ0) is 99.9. The molecule has 0 bridgehead atoms. The molecule has 25 nitrogen and oxygen atoms in total. The van der Waals surface area contributed by atoms with E-state index < -0.39 is 0 Å². The lowest BCUT2D eigenvalue weighted by Gasteiger charge is -2.53. The van der Waals surface area contributed by atoms with Gasteiger partial charge in [0.25, 0.3) is 0 Å². The molecule has 0 aromatic heterocycles. The van der Waals surface area contributed by atoms with Gasteiger partial charge in [-0.2, -0.15) is 0 Å². The summed E-state index contributed by atoms with van der Waals surface area (Å²) in [5.74, 6) is -2.23. The summed E-state index contributed by atoms with van der Waals surface area (Å²) in [7, 11) is 8.61. The highest BCUT2D eigenvalue weighted by Gasteiger charge is 2.49. The zero-order valence-corrected chi connectivity index (χ0v) is 88.2. The Morgan fingerprint density at radius 2 is 0.341 bits per heavy atom. The van der Waals surface area contributed by atoms with Crippen molar-refractivity contribution in [2.45, 2.75) is 482 Å². The molecule has 7 fully saturated rings. The van der Waals surface area contributed by atoms with Crippen molar-refractivity contribution in [3.8, 4) is 0 Å². The summed E-state index contributed by atoms with van der Waals surface area (Å²) < 4.78 is 60.1. The third kappa shape index (κ3) is 47.9. The van der Waals surface area contributed by atoms with Gasteiger partial charge in [0, 0.05) is 155 Å². The van der Waals surface area contributed by atoms with E-state index in [1.807, 2.05) is 0 Å². The fraction of sp³-hybridized carbons (Fsp3) is 0.804. The number of carbonyl (C=O) groups excluding carboxylic acids is 7. The minimum Gasteiger partial charge on any atom is -0.460 e. The number of hydrogen-bond donors (Lipinski definition) is 3. The molecule has 0 aromatic carbocycles. The quantitative estimate of drug-likeness (QED) is 0.0314. The summed E-state index contributed by atoms with van der Waals surface area (Å²) in [6.07, 6.45) is 13.7. The molecule has 7 aliphatic rings. The maximum atomic E-state index is 11.6. The van der Waals surface area contributed by atoms with Crippen LogP contribution in [0.2, 0.25) is 0 Å². The SMILES string of the molecule is C.C.C.C.C=C(C)C(=O)OC1CC(C)(C)N(C)C(C)(C)C1.C=C(C)C(=O)OC1CC(C)(C)N(C)C(C)(C)C1.C=C(C)C(=O)OC1CC(C)(C)NC(C)(C)C1.C=C(C)C(=O)OCCOC1CC(C)(C)N(C)C(C)(C)C1.C=C(C)C(=O)OCCOC1CC(C)(C)N(C)C(C)(C)C1.C=C(C)C(=O)OCCOC1CC(C)(C)NC(C)(C)C1.C=C(C)C(=O)OCCOC1CC(C)(C)NC(C)(C)C1. The molecular weight excluding hydrogens is 1670 g/mol. The van der Waals surface area contributed by atoms with Crippen molar-refractivity contribution in [1.29, 1.82) is 0 Å². The Labute approximate surface area is 807 Å². The second-order valence-electron chi connectivity index (χ2n) is 46.3. The number of hydrogen-bond acceptors (Lipinski definition) is 25. The molecule has 25 heteroatoms. The Bertz CT molecular complexity index is 3420. The molecule has 7 saturated heterocycles. The van der Waals surface area contributed by atoms with Crippen LogP contribution in [0.1, 0.15) is 362 Å². The molecule has 0 aliphatic carbocycles. The number of rotatable bonds is 26. The van der Waals surface area contributed by atoms with Crippen molar-refractivity contribution in [2.75, 3.05) is 81.0 Å². The molecule has 7 rings (SSSR count). The van der Waals surface area contributed by atoms with Crippen molar-refractivity contribution in [2.24, 2.45) is 0 Å². The summed E-state index contributed by atoms with van der Waals surface area (Å²) in [5.41, 5.74) is 4.00. The first kappa shape index (κ1) is 132. The van der Waals surface area contributed by atoms with Crippen LogP contribution in [-0.2, 0) is 85.7 Å². The van der Waals surface area contributed by atoms with Crippen molar-refractivity contribution in [3.05, 3.63) is 85.1 Å². The van der Waals surface area contributed by atoms with E-state index in [2.05, 4.69) is 304 Å². The minimum absolute atomic E-state index is 0. The van der Waals surface area contributed by atoms with Crippen molar-refractivity contribution >= 4 is 41.8 Å². The number of likely N-dealkylation sites (tertiary alicyclic amines) is 4. The molecule has 0 atom stereocenters. The normalized spacial score (nSPS) is 22.3. The highest BCUT2D eigenvalue weighted by molar-refractivity contribution is 5.89. The highest BCUT2D eigenvalue weighted by Crippen LogP contribution is 2.43. The lowest BCUT2D eigenvalue weighted by atomic mass is 9.78. The van der Waals surface area contributed by atoms with Crippen molar-refractivity contribution in [3.63, 3.8) is 0 Å². The summed E-state index contributed by atoms with van der Waals surface area (Å²) in [4.78, 5) is 89.2. The standard InChI is InChI=1S/2C16H29NO3.2C15H27NO3.2C14H25NO2.C13H23NO2.4CH4/c2*1-12(2)14(18)20-9-8-19-13-10-15(3,4)17(7)16(5,6)11-13;2*1-11(2)13(17)19-8-7-18-12-9-14(3,4)16-15(5,6)10-12;2*1-10(2)12(16)17-11-8-13(3,4)15(7)14(5,6)9-11;1-9(2)11(15)16-10-7-12(3,4)14-13(5,6)8-10;;;;/h2*13H,1,8-11H2,2-7H3;2*12,16H,1,7-10H2,2-6H3;2*11H,1,8-9H2,2-7H3;10,14H,1,7-8H2,2-6H3;4*1H4. The van der Waals surface area contributed by atoms with Gasteiger partial charge in [-0.1, -0.05) is 75.8 Å². The average molecular weight is 1870 g/mol. The van der Waals surface area contributed by atoms with Gasteiger partial charge in [-0.05, 0) is 322 Å². The van der Waals surface area contributed by atoms with E-state index in [1.54, 1.807) is 48.5 Å². The second kappa shape index (κ2) is 53.8. The first-order valence-corrected chi connectivity index (χ1v) is 46.3. The van der Waals surface area contributed by atoms with E-state index in [-0.39, 0.29) is 205 Å². The van der Waals surface area contributed by atoms with E-state index in [9.17, 15) is 33.6 Å². The van der Waals surface area contributed by atoms with Crippen LogP contribution in [0.3, 0.4) is 0 Å². The van der Waals surface area contributed by atoms with E-state index in [4.69, 9.17) is 52.1 Å². The van der Waals surface area contributed by atoms with Crippen LogP contribution in [0, 0.1) is 0 Å². The van der Waals surface area contributed by atoms with Gasteiger partial charge in [-0.15, -0.1) is 0 Å². The first-order valence-electron chi connectivity index (χ1n) is 46.3. The lowest BCUT2D eigenvalue weighted by Crippen LogP contribution is -2.60. The van der Waals surface area contributed by atoms with Crippen LogP contribution in [0.25, 0.3) is 0 Å². The number of carbonyl (C=O) groups is 7. The predicted octanol–water partition coefficient (Wildman–Crippen LogP) is 20.9. The number of nitrogens with zero attached hydrogens (tertiary/aromatic N) is 4.